The number of thiazole rings is 1. The molecule has 2 aromatic carbocycles. The summed E-state index contributed by atoms with van der Waals surface area (Å²) in [5, 5.41) is 5.74. The molecule has 31 heavy (non-hydrogen) atoms. The fourth-order valence-corrected chi connectivity index (χ4v) is 4.13. The van der Waals surface area contributed by atoms with Crippen molar-refractivity contribution in [2.45, 2.75) is 20.3 Å². The maximum Gasteiger partial charge on any atom is 0.339 e. The van der Waals surface area contributed by atoms with E-state index in [1.54, 1.807) is 0 Å². The van der Waals surface area contributed by atoms with Gasteiger partial charge in [-0.15, -0.1) is 11.3 Å². The fourth-order valence-electron chi connectivity index (χ4n) is 3.40. The first-order chi connectivity index (χ1) is 15.1. The number of anilines is 1. The van der Waals surface area contributed by atoms with Gasteiger partial charge in [0.2, 0.25) is 0 Å². The highest BCUT2D eigenvalue weighted by Gasteiger charge is 2.20. The van der Waals surface area contributed by atoms with E-state index in [1.165, 1.54) is 11.3 Å². The van der Waals surface area contributed by atoms with Crippen molar-refractivity contribution in [3.05, 3.63) is 76.8 Å². The third-order valence-corrected chi connectivity index (χ3v) is 5.69. The molecule has 4 rings (SSSR count). The molecule has 0 saturated carbocycles. The molecule has 0 unspecified atom stereocenters. The van der Waals surface area contributed by atoms with Crippen LogP contribution in [-0.2, 0) is 16.0 Å². The van der Waals surface area contributed by atoms with Gasteiger partial charge in [-0.1, -0.05) is 55.5 Å². The van der Waals surface area contributed by atoms with Crippen LogP contribution < -0.4 is 5.32 Å². The van der Waals surface area contributed by atoms with E-state index < -0.39 is 18.5 Å². The van der Waals surface area contributed by atoms with E-state index in [-0.39, 0.29) is 0 Å². The summed E-state index contributed by atoms with van der Waals surface area (Å²) in [5.74, 6) is -0.973. The molecule has 0 fully saturated rings. The van der Waals surface area contributed by atoms with Gasteiger partial charge in [0.15, 0.2) is 11.7 Å². The molecule has 0 radical (unpaired) electrons. The van der Waals surface area contributed by atoms with Gasteiger partial charge in [-0.25, -0.2) is 9.78 Å². The van der Waals surface area contributed by atoms with Crippen molar-refractivity contribution in [1.29, 1.82) is 0 Å². The van der Waals surface area contributed by atoms with Gasteiger partial charge in [-0.3, -0.25) is 15.1 Å². The van der Waals surface area contributed by atoms with Gasteiger partial charge in [0.25, 0.3) is 5.91 Å². The summed E-state index contributed by atoms with van der Waals surface area (Å²) in [6.07, 6.45) is 0.700. The van der Waals surface area contributed by atoms with Gasteiger partial charge in [0.05, 0.1) is 16.8 Å². The first-order valence-corrected chi connectivity index (χ1v) is 10.8. The second kappa shape index (κ2) is 9.06. The number of rotatable bonds is 6. The van der Waals surface area contributed by atoms with Crippen molar-refractivity contribution in [2.24, 2.45) is 0 Å². The Morgan fingerprint density at radius 1 is 1.03 bits per heavy atom. The number of nitrogens with one attached hydrogen (secondary N) is 1. The van der Waals surface area contributed by atoms with Crippen molar-refractivity contribution >= 4 is 39.2 Å². The molecule has 0 aliphatic carbocycles. The Hall–Kier alpha value is -3.58. The number of fused-ring (bicyclic) bond motifs is 1. The highest BCUT2D eigenvalue weighted by atomic mass is 32.1. The monoisotopic (exact) mass is 431 g/mol. The summed E-state index contributed by atoms with van der Waals surface area (Å²) in [4.78, 5) is 34.2. The zero-order chi connectivity index (χ0) is 21.8. The smallest absolute Gasteiger partial charge is 0.339 e. The summed E-state index contributed by atoms with van der Waals surface area (Å²) < 4.78 is 5.34. The molecule has 0 bridgehead atoms. The first-order valence-electron chi connectivity index (χ1n) is 9.93. The number of ether oxygens (including phenoxy) is 1. The van der Waals surface area contributed by atoms with Crippen LogP contribution in [0.3, 0.4) is 0 Å². The van der Waals surface area contributed by atoms with Crippen LogP contribution in [-0.4, -0.2) is 28.5 Å². The lowest BCUT2D eigenvalue weighted by atomic mass is 10.0. The van der Waals surface area contributed by atoms with Gasteiger partial charge >= 0.3 is 5.97 Å². The molecule has 4 aromatic rings. The average molecular weight is 432 g/mol. The van der Waals surface area contributed by atoms with E-state index in [0.717, 1.165) is 33.4 Å². The molecule has 156 valence electrons. The predicted molar refractivity (Wildman–Crippen MR) is 122 cm³/mol. The third-order valence-electron chi connectivity index (χ3n) is 4.93. The van der Waals surface area contributed by atoms with E-state index >= 15 is 0 Å². The lowest BCUT2D eigenvalue weighted by molar-refractivity contribution is -0.119. The van der Waals surface area contributed by atoms with Gasteiger partial charge in [0, 0.05) is 22.0 Å². The summed E-state index contributed by atoms with van der Waals surface area (Å²) in [6.45, 7) is 3.46. The van der Waals surface area contributed by atoms with Crippen molar-refractivity contribution < 1.29 is 14.3 Å². The van der Waals surface area contributed by atoms with Crippen molar-refractivity contribution in [3.8, 4) is 11.3 Å². The zero-order valence-corrected chi connectivity index (χ0v) is 18.0. The van der Waals surface area contributed by atoms with Crippen LogP contribution in [0.1, 0.15) is 28.5 Å². The number of nitrogens with zero attached hydrogens (tertiary/aromatic N) is 2. The number of pyridine rings is 1. The second-order valence-corrected chi connectivity index (χ2v) is 7.82. The molecule has 7 heteroatoms. The molecule has 1 N–H and O–H groups in total. The minimum Gasteiger partial charge on any atom is -0.452 e. The number of carbonyl (C=O) groups is 2. The third kappa shape index (κ3) is 4.46. The number of benzene rings is 2. The SMILES string of the molecule is CCc1nc2ccccc2c(C(=O)OCC(=O)Nc2nc(-c3ccccc3)cs2)c1C. The van der Waals surface area contributed by atoms with E-state index in [4.69, 9.17) is 4.74 Å². The second-order valence-electron chi connectivity index (χ2n) is 6.96. The Labute approximate surface area is 183 Å². The van der Waals surface area contributed by atoms with E-state index in [9.17, 15) is 9.59 Å². The Morgan fingerprint density at radius 2 is 1.77 bits per heavy atom. The molecule has 1 amide bonds. The molecule has 0 aliphatic heterocycles. The highest BCUT2D eigenvalue weighted by molar-refractivity contribution is 7.14. The molecule has 0 atom stereocenters. The largest absolute Gasteiger partial charge is 0.452 e. The van der Waals surface area contributed by atoms with Gasteiger partial charge in [0.1, 0.15) is 0 Å². The molecule has 0 saturated heterocycles. The minimum atomic E-state index is -0.537. The number of aryl methyl sites for hydroxylation is 1. The number of esters is 1. The van der Waals surface area contributed by atoms with Crippen LogP contribution in [0.5, 0.6) is 0 Å². The average Bonchev–Trinajstić information content (AvgIpc) is 3.26. The maximum absolute atomic E-state index is 12.9. The minimum absolute atomic E-state index is 0.392. The number of hydrogen-bond acceptors (Lipinski definition) is 6. The lowest BCUT2D eigenvalue weighted by Crippen LogP contribution is -2.21. The van der Waals surface area contributed by atoms with Crippen molar-refractivity contribution in [2.75, 3.05) is 11.9 Å². The van der Waals surface area contributed by atoms with Crippen LogP contribution in [0.25, 0.3) is 22.2 Å². The standard InChI is InChI=1S/C24H21N3O3S/c1-3-18-15(2)22(17-11-7-8-12-19(17)25-18)23(29)30-13-21(28)27-24-26-20(14-31-24)16-9-5-4-6-10-16/h4-12,14H,3,13H2,1-2H3,(H,26,27,28). The number of carbonyl (C=O) groups excluding carboxylic acids is 2. The molecule has 0 spiro atoms. The van der Waals surface area contributed by atoms with Crippen molar-refractivity contribution in [1.82, 2.24) is 9.97 Å². The van der Waals surface area contributed by atoms with Crippen LogP contribution >= 0.6 is 11.3 Å². The summed E-state index contributed by atoms with van der Waals surface area (Å²) >= 11 is 1.32. The Bertz CT molecular complexity index is 1250. The highest BCUT2D eigenvalue weighted by Crippen LogP contribution is 2.26. The van der Waals surface area contributed by atoms with Crippen molar-refractivity contribution in [3.63, 3.8) is 0 Å². The predicted octanol–water partition coefficient (Wildman–Crippen LogP) is 5.02. The fraction of sp³-hybridized carbons (Fsp3) is 0.167. The molecular weight excluding hydrogens is 410 g/mol. The van der Waals surface area contributed by atoms with E-state index in [0.29, 0.717) is 17.1 Å². The summed E-state index contributed by atoms with van der Waals surface area (Å²) in [6, 6.07) is 17.1. The number of aromatic nitrogens is 2. The zero-order valence-electron chi connectivity index (χ0n) is 17.2. The van der Waals surface area contributed by atoms with Gasteiger partial charge in [-0.05, 0) is 25.0 Å². The summed E-state index contributed by atoms with van der Waals surface area (Å²) in [5.41, 5.74) is 4.56. The molecular formula is C24H21N3O3S. The topological polar surface area (TPSA) is 81.2 Å². The number of amides is 1. The van der Waals surface area contributed by atoms with Crippen LogP contribution in [0.2, 0.25) is 0 Å². The Kier molecular flexibility index (Phi) is 6.04. The molecule has 0 aliphatic rings. The van der Waals surface area contributed by atoms with E-state index in [2.05, 4.69) is 15.3 Å². The number of para-hydroxylation sites is 1. The normalized spacial score (nSPS) is 10.8. The van der Waals surface area contributed by atoms with Crippen LogP contribution in [0.4, 0.5) is 5.13 Å². The Morgan fingerprint density at radius 3 is 2.55 bits per heavy atom. The Balaban J connectivity index is 1.45. The molecule has 2 aromatic heterocycles. The van der Waals surface area contributed by atoms with Gasteiger partial charge in [-0.2, -0.15) is 0 Å². The summed E-state index contributed by atoms with van der Waals surface area (Å²) in [7, 11) is 0. The molecule has 6 nitrogen and oxygen atoms in total. The quantitative estimate of drug-likeness (QED) is 0.433. The number of hydrogen-bond donors (Lipinski definition) is 1. The maximum atomic E-state index is 12.9. The van der Waals surface area contributed by atoms with Crippen LogP contribution in [0.15, 0.2) is 60.0 Å². The lowest BCUT2D eigenvalue weighted by Gasteiger charge is -2.13. The molecule has 2 heterocycles. The van der Waals surface area contributed by atoms with Gasteiger partial charge < -0.3 is 4.74 Å². The van der Waals surface area contributed by atoms with Crippen LogP contribution in [0, 0.1) is 6.92 Å². The first kappa shape index (κ1) is 20.7. The van der Waals surface area contributed by atoms with E-state index in [1.807, 2.05) is 73.8 Å².